The molecule has 27 heavy (non-hydrogen) atoms. The Bertz CT molecular complexity index is 812. The van der Waals surface area contributed by atoms with Crippen molar-refractivity contribution in [3.05, 3.63) is 65.2 Å². The minimum atomic E-state index is -0.366. The molecule has 0 bridgehead atoms. The smallest absolute Gasteiger partial charge is 0.337 e. The zero-order valence-electron chi connectivity index (χ0n) is 15.7. The molecule has 0 heterocycles. The lowest BCUT2D eigenvalue weighted by molar-refractivity contribution is -0.116. The van der Waals surface area contributed by atoms with Gasteiger partial charge in [0, 0.05) is 12.6 Å². The molecule has 142 valence electrons. The van der Waals surface area contributed by atoms with Gasteiger partial charge in [0.1, 0.15) is 0 Å². The molecule has 0 aliphatic carbocycles. The first-order valence-corrected chi connectivity index (χ1v) is 8.42. The first-order chi connectivity index (χ1) is 13.1. The second kappa shape index (κ2) is 10.0. The summed E-state index contributed by atoms with van der Waals surface area (Å²) >= 11 is 0. The third-order valence-electron chi connectivity index (χ3n) is 3.92. The fourth-order valence-electron chi connectivity index (χ4n) is 2.44. The van der Waals surface area contributed by atoms with E-state index in [9.17, 15) is 9.59 Å². The minimum absolute atomic E-state index is 0.184. The van der Waals surface area contributed by atoms with Crippen LogP contribution in [0.4, 0.5) is 0 Å². The van der Waals surface area contributed by atoms with Crippen molar-refractivity contribution in [1.29, 1.82) is 0 Å². The predicted octanol–water partition coefficient (Wildman–Crippen LogP) is 2.86. The molecule has 0 radical (unpaired) electrons. The van der Waals surface area contributed by atoms with Crippen LogP contribution in [0.15, 0.2) is 48.5 Å². The summed E-state index contributed by atoms with van der Waals surface area (Å²) in [6, 6.07) is 12.5. The number of hydrogen-bond acceptors (Lipinski definition) is 5. The molecule has 0 unspecified atom stereocenters. The molecule has 0 aliphatic rings. The van der Waals surface area contributed by atoms with E-state index in [1.54, 1.807) is 44.6 Å². The molecule has 1 N–H and O–H groups in total. The second-order valence-electron chi connectivity index (χ2n) is 5.68. The van der Waals surface area contributed by atoms with Crippen molar-refractivity contribution in [3.8, 4) is 11.5 Å². The van der Waals surface area contributed by atoms with E-state index < -0.39 is 0 Å². The van der Waals surface area contributed by atoms with Crippen LogP contribution in [0.2, 0.25) is 0 Å². The topological polar surface area (TPSA) is 73.9 Å². The maximum Gasteiger partial charge on any atom is 0.337 e. The Kier molecular flexibility index (Phi) is 7.43. The van der Waals surface area contributed by atoms with E-state index >= 15 is 0 Å². The van der Waals surface area contributed by atoms with Crippen molar-refractivity contribution in [2.75, 3.05) is 27.9 Å². The van der Waals surface area contributed by atoms with E-state index in [2.05, 4.69) is 10.1 Å². The summed E-state index contributed by atoms with van der Waals surface area (Å²) in [5.41, 5.74) is 2.36. The van der Waals surface area contributed by atoms with Crippen LogP contribution >= 0.6 is 0 Å². The van der Waals surface area contributed by atoms with Crippen molar-refractivity contribution in [3.63, 3.8) is 0 Å². The standard InChI is InChI=1S/C21H23NO5/c1-25-18-10-6-16(14-19(18)26-2)7-11-20(23)22-13-12-15-4-8-17(9-5-15)21(24)27-3/h4-11,14H,12-13H2,1-3H3,(H,22,23)/b11-7+. The van der Waals surface area contributed by atoms with Gasteiger partial charge in [-0.15, -0.1) is 0 Å². The maximum absolute atomic E-state index is 12.0. The number of carbonyl (C=O) groups is 2. The van der Waals surface area contributed by atoms with Crippen molar-refractivity contribution in [2.24, 2.45) is 0 Å². The molecule has 0 spiro atoms. The number of benzene rings is 2. The fraction of sp³-hybridized carbons (Fsp3) is 0.238. The monoisotopic (exact) mass is 369 g/mol. The molecule has 2 aromatic rings. The van der Waals surface area contributed by atoms with E-state index in [0.29, 0.717) is 30.0 Å². The van der Waals surface area contributed by atoms with Crippen molar-refractivity contribution < 1.29 is 23.8 Å². The first kappa shape index (κ1) is 20.0. The molecule has 0 atom stereocenters. The highest BCUT2D eigenvalue weighted by Crippen LogP contribution is 2.27. The summed E-state index contributed by atoms with van der Waals surface area (Å²) in [7, 11) is 4.49. The number of amides is 1. The van der Waals surface area contributed by atoms with Crippen LogP contribution in [0, 0.1) is 0 Å². The maximum atomic E-state index is 12.0. The summed E-state index contributed by atoms with van der Waals surface area (Å²) in [6.07, 6.45) is 3.85. The van der Waals surface area contributed by atoms with Crippen molar-refractivity contribution in [2.45, 2.75) is 6.42 Å². The number of nitrogens with one attached hydrogen (secondary N) is 1. The molecular formula is C21H23NO5. The van der Waals surface area contributed by atoms with E-state index in [1.165, 1.54) is 13.2 Å². The number of methoxy groups -OCH3 is 3. The van der Waals surface area contributed by atoms with Crippen LogP contribution in [0.1, 0.15) is 21.5 Å². The van der Waals surface area contributed by atoms with Gasteiger partial charge in [-0.3, -0.25) is 4.79 Å². The first-order valence-electron chi connectivity index (χ1n) is 8.42. The highest BCUT2D eigenvalue weighted by atomic mass is 16.5. The molecule has 0 saturated heterocycles. The normalized spacial score (nSPS) is 10.5. The van der Waals surface area contributed by atoms with Crippen LogP contribution < -0.4 is 14.8 Å². The highest BCUT2D eigenvalue weighted by Gasteiger charge is 2.05. The van der Waals surface area contributed by atoms with Crippen molar-refractivity contribution in [1.82, 2.24) is 5.32 Å². The average molecular weight is 369 g/mol. The van der Waals surface area contributed by atoms with Crippen LogP contribution in [-0.4, -0.2) is 39.8 Å². The average Bonchev–Trinajstić information content (AvgIpc) is 2.71. The summed E-state index contributed by atoms with van der Waals surface area (Å²) in [5, 5.41) is 2.83. The highest BCUT2D eigenvalue weighted by molar-refractivity contribution is 5.91. The lowest BCUT2D eigenvalue weighted by atomic mass is 10.1. The Morgan fingerprint density at radius 2 is 1.67 bits per heavy atom. The second-order valence-corrected chi connectivity index (χ2v) is 5.68. The molecule has 0 aromatic heterocycles. The Hall–Kier alpha value is -3.28. The molecule has 0 fully saturated rings. The fourth-order valence-corrected chi connectivity index (χ4v) is 2.44. The van der Waals surface area contributed by atoms with Crippen molar-refractivity contribution >= 4 is 18.0 Å². The largest absolute Gasteiger partial charge is 0.493 e. The lowest BCUT2D eigenvalue weighted by Crippen LogP contribution is -2.23. The Morgan fingerprint density at radius 3 is 2.30 bits per heavy atom. The summed E-state index contributed by atoms with van der Waals surface area (Å²) in [5.74, 6) is 0.693. The zero-order chi connectivity index (χ0) is 19.6. The number of esters is 1. The predicted molar refractivity (Wildman–Crippen MR) is 103 cm³/mol. The van der Waals surface area contributed by atoms with Gasteiger partial charge < -0.3 is 19.5 Å². The van der Waals surface area contributed by atoms with Gasteiger partial charge in [0.05, 0.1) is 26.9 Å². The van der Waals surface area contributed by atoms with Gasteiger partial charge in [-0.25, -0.2) is 4.79 Å². The van der Waals surface area contributed by atoms with Gasteiger partial charge in [-0.1, -0.05) is 18.2 Å². The van der Waals surface area contributed by atoms with Gasteiger partial charge >= 0.3 is 5.97 Å². The van der Waals surface area contributed by atoms with Gasteiger partial charge in [0.15, 0.2) is 11.5 Å². The van der Waals surface area contributed by atoms with Gasteiger partial charge in [-0.2, -0.15) is 0 Å². The van der Waals surface area contributed by atoms with Gasteiger partial charge in [0.2, 0.25) is 5.91 Å². The molecular weight excluding hydrogens is 346 g/mol. The third-order valence-corrected chi connectivity index (χ3v) is 3.92. The van der Waals surface area contributed by atoms with E-state index in [4.69, 9.17) is 9.47 Å². The Morgan fingerprint density at radius 1 is 0.963 bits per heavy atom. The van der Waals surface area contributed by atoms with E-state index in [1.807, 2.05) is 18.2 Å². The Labute approximate surface area is 158 Å². The Balaban J connectivity index is 1.84. The molecule has 6 heteroatoms. The van der Waals surface area contributed by atoms with Gasteiger partial charge in [0.25, 0.3) is 0 Å². The zero-order valence-corrected chi connectivity index (χ0v) is 15.7. The van der Waals surface area contributed by atoms with Crippen LogP contribution in [0.25, 0.3) is 6.08 Å². The molecule has 2 rings (SSSR count). The summed E-state index contributed by atoms with van der Waals surface area (Å²) in [4.78, 5) is 23.3. The molecule has 6 nitrogen and oxygen atoms in total. The molecule has 0 aliphatic heterocycles. The minimum Gasteiger partial charge on any atom is -0.493 e. The number of carbonyl (C=O) groups excluding carboxylic acids is 2. The molecule has 2 aromatic carbocycles. The summed E-state index contributed by atoms with van der Waals surface area (Å²) < 4.78 is 15.1. The van der Waals surface area contributed by atoms with E-state index in [0.717, 1.165) is 11.1 Å². The SMILES string of the molecule is COC(=O)c1ccc(CCNC(=O)/C=C/c2ccc(OC)c(OC)c2)cc1. The van der Waals surface area contributed by atoms with Crippen LogP contribution in [0.3, 0.4) is 0 Å². The van der Waals surface area contributed by atoms with Crippen LogP contribution in [-0.2, 0) is 16.0 Å². The number of rotatable bonds is 8. The quantitative estimate of drug-likeness (QED) is 0.572. The van der Waals surface area contributed by atoms with Crippen LogP contribution in [0.5, 0.6) is 11.5 Å². The lowest BCUT2D eigenvalue weighted by Gasteiger charge is -2.07. The van der Waals surface area contributed by atoms with E-state index in [-0.39, 0.29) is 11.9 Å². The number of ether oxygens (including phenoxy) is 3. The molecule has 0 saturated carbocycles. The molecule has 1 amide bonds. The summed E-state index contributed by atoms with van der Waals surface area (Å²) in [6.45, 7) is 0.493. The third kappa shape index (κ3) is 5.88. The van der Waals surface area contributed by atoms with Gasteiger partial charge in [-0.05, 0) is 47.9 Å². The number of hydrogen-bond donors (Lipinski definition) is 1.